The third-order valence-electron chi connectivity index (χ3n) is 4.10. The molecular weight excluding hydrogens is 309 g/mol. The maximum atomic E-state index is 12.5. The maximum absolute atomic E-state index is 12.5. The van der Waals surface area contributed by atoms with Crippen molar-refractivity contribution in [2.75, 3.05) is 18.4 Å². The van der Waals surface area contributed by atoms with Gasteiger partial charge in [-0.3, -0.25) is 9.59 Å². The summed E-state index contributed by atoms with van der Waals surface area (Å²) in [5.41, 5.74) is 2.71. The lowest BCUT2D eigenvalue weighted by Gasteiger charge is -2.32. The quantitative estimate of drug-likeness (QED) is 0.907. The second-order valence-corrected chi connectivity index (χ2v) is 5.88. The van der Waals surface area contributed by atoms with Crippen molar-refractivity contribution in [3.05, 3.63) is 29.3 Å². The van der Waals surface area contributed by atoms with Gasteiger partial charge in [0.2, 0.25) is 5.91 Å². The molecule has 4 nitrogen and oxygen atoms in total. The SMILES string of the molecule is Cc1ccc(NC(=O)C2CCCN(C(=O)C(F)(F)F)C2)cc1C. The van der Waals surface area contributed by atoms with Crippen LogP contribution in [0.3, 0.4) is 0 Å². The van der Waals surface area contributed by atoms with E-state index in [-0.39, 0.29) is 19.0 Å². The minimum atomic E-state index is -4.90. The molecule has 0 spiro atoms. The summed E-state index contributed by atoms with van der Waals surface area (Å²) in [6.45, 7) is 3.69. The van der Waals surface area contributed by atoms with E-state index in [1.165, 1.54) is 0 Å². The number of nitrogens with one attached hydrogen (secondary N) is 1. The van der Waals surface area contributed by atoms with E-state index in [2.05, 4.69) is 5.32 Å². The summed E-state index contributed by atoms with van der Waals surface area (Å²) in [6, 6.07) is 5.43. The Balaban J connectivity index is 2.02. The third kappa shape index (κ3) is 4.24. The van der Waals surface area contributed by atoms with E-state index in [9.17, 15) is 22.8 Å². The number of piperidine rings is 1. The number of anilines is 1. The van der Waals surface area contributed by atoms with E-state index in [4.69, 9.17) is 0 Å². The Kier molecular flexibility index (Phi) is 4.97. The van der Waals surface area contributed by atoms with E-state index in [1.807, 2.05) is 26.0 Å². The van der Waals surface area contributed by atoms with Crippen LogP contribution < -0.4 is 5.32 Å². The highest BCUT2D eigenvalue weighted by molar-refractivity contribution is 5.93. The molecular formula is C16H19F3N2O2. The molecule has 23 heavy (non-hydrogen) atoms. The second kappa shape index (κ2) is 6.60. The van der Waals surface area contributed by atoms with Gasteiger partial charge in [-0.25, -0.2) is 0 Å². The van der Waals surface area contributed by atoms with Crippen LogP contribution in [0.15, 0.2) is 18.2 Å². The number of amides is 2. The smallest absolute Gasteiger partial charge is 0.334 e. The van der Waals surface area contributed by atoms with Gasteiger partial charge >= 0.3 is 12.1 Å². The zero-order chi connectivity index (χ0) is 17.2. The highest BCUT2D eigenvalue weighted by Gasteiger charge is 2.44. The monoisotopic (exact) mass is 328 g/mol. The summed E-state index contributed by atoms with van der Waals surface area (Å²) in [5.74, 6) is -2.86. The number of likely N-dealkylation sites (tertiary alicyclic amines) is 1. The van der Waals surface area contributed by atoms with Crippen molar-refractivity contribution in [1.82, 2.24) is 4.90 Å². The highest BCUT2D eigenvalue weighted by Crippen LogP contribution is 2.25. The van der Waals surface area contributed by atoms with Gasteiger partial charge in [0.05, 0.1) is 5.92 Å². The number of hydrogen-bond acceptors (Lipinski definition) is 2. The number of hydrogen-bond donors (Lipinski definition) is 1. The summed E-state index contributed by atoms with van der Waals surface area (Å²) in [4.78, 5) is 24.3. The van der Waals surface area contributed by atoms with E-state index in [0.29, 0.717) is 23.4 Å². The summed E-state index contributed by atoms with van der Waals surface area (Å²) in [7, 11) is 0. The lowest BCUT2D eigenvalue weighted by molar-refractivity contribution is -0.187. The first-order chi connectivity index (χ1) is 10.7. The molecule has 1 aliphatic heterocycles. The largest absolute Gasteiger partial charge is 0.471 e. The van der Waals surface area contributed by atoms with E-state index in [0.717, 1.165) is 11.1 Å². The first-order valence-corrected chi connectivity index (χ1v) is 7.42. The van der Waals surface area contributed by atoms with Crippen molar-refractivity contribution < 1.29 is 22.8 Å². The van der Waals surface area contributed by atoms with Crippen molar-refractivity contribution in [3.8, 4) is 0 Å². The average molecular weight is 328 g/mol. The van der Waals surface area contributed by atoms with Gasteiger partial charge in [0.25, 0.3) is 0 Å². The molecule has 7 heteroatoms. The lowest BCUT2D eigenvalue weighted by atomic mass is 9.96. The molecule has 1 atom stereocenters. The normalized spacial score (nSPS) is 18.7. The zero-order valence-corrected chi connectivity index (χ0v) is 13.0. The molecule has 0 aliphatic carbocycles. The van der Waals surface area contributed by atoms with Crippen molar-refractivity contribution in [2.45, 2.75) is 32.9 Å². The topological polar surface area (TPSA) is 49.4 Å². The Hall–Kier alpha value is -2.05. The van der Waals surface area contributed by atoms with Gasteiger partial charge in [-0.15, -0.1) is 0 Å². The van der Waals surface area contributed by atoms with Gasteiger partial charge in [0, 0.05) is 18.8 Å². The van der Waals surface area contributed by atoms with E-state index < -0.39 is 18.0 Å². The van der Waals surface area contributed by atoms with Crippen LogP contribution in [-0.4, -0.2) is 36.0 Å². The minimum Gasteiger partial charge on any atom is -0.334 e. The Labute approximate surface area is 132 Å². The third-order valence-corrected chi connectivity index (χ3v) is 4.10. The molecule has 1 aliphatic rings. The van der Waals surface area contributed by atoms with Crippen LogP contribution in [0.5, 0.6) is 0 Å². The molecule has 0 saturated carbocycles. The van der Waals surface area contributed by atoms with Crippen LogP contribution in [0.25, 0.3) is 0 Å². The van der Waals surface area contributed by atoms with E-state index in [1.54, 1.807) is 6.07 Å². The summed E-state index contributed by atoms with van der Waals surface area (Å²) in [6.07, 6.45) is -4.04. The molecule has 1 saturated heterocycles. The second-order valence-electron chi connectivity index (χ2n) is 5.88. The fraction of sp³-hybridized carbons (Fsp3) is 0.500. The molecule has 1 aromatic rings. The number of carbonyl (C=O) groups excluding carboxylic acids is 2. The van der Waals surface area contributed by atoms with Gasteiger partial charge in [-0.05, 0) is 49.9 Å². The predicted octanol–water partition coefficient (Wildman–Crippen LogP) is 3.04. The number of carbonyl (C=O) groups is 2. The van der Waals surface area contributed by atoms with Gasteiger partial charge < -0.3 is 10.2 Å². The van der Waals surface area contributed by atoms with Crippen LogP contribution in [0.1, 0.15) is 24.0 Å². The Morgan fingerprint density at radius 2 is 1.91 bits per heavy atom. The molecule has 0 radical (unpaired) electrons. The molecule has 1 aromatic carbocycles. The number of aryl methyl sites for hydroxylation is 2. The van der Waals surface area contributed by atoms with Crippen LogP contribution in [0.2, 0.25) is 0 Å². The van der Waals surface area contributed by atoms with Gasteiger partial charge in [0.15, 0.2) is 0 Å². The summed E-state index contributed by atoms with van der Waals surface area (Å²) < 4.78 is 37.5. The average Bonchev–Trinajstić information content (AvgIpc) is 2.49. The minimum absolute atomic E-state index is 0.0335. The molecule has 2 amide bonds. The van der Waals surface area contributed by atoms with Crippen molar-refractivity contribution in [3.63, 3.8) is 0 Å². The highest BCUT2D eigenvalue weighted by atomic mass is 19.4. The number of nitrogens with zero attached hydrogens (tertiary/aromatic N) is 1. The molecule has 1 unspecified atom stereocenters. The Bertz CT molecular complexity index is 614. The Morgan fingerprint density at radius 3 is 2.52 bits per heavy atom. The molecule has 126 valence electrons. The summed E-state index contributed by atoms with van der Waals surface area (Å²) >= 11 is 0. The van der Waals surface area contributed by atoms with Crippen LogP contribution >= 0.6 is 0 Å². The molecule has 1 heterocycles. The summed E-state index contributed by atoms with van der Waals surface area (Å²) in [5, 5.41) is 2.72. The predicted molar refractivity (Wildman–Crippen MR) is 79.9 cm³/mol. The first kappa shape index (κ1) is 17.3. The fourth-order valence-corrected chi connectivity index (χ4v) is 2.62. The Morgan fingerprint density at radius 1 is 1.22 bits per heavy atom. The van der Waals surface area contributed by atoms with Crippen molar-refractivity contribution >= 4 is 17.5 Å². The molecule has 1 N–H and O–H groups in total. The fourth-order valence-electron chi connectivity index (χ4n) is 2.62. The van der Waals surface area contributed by atoms with Crippen molar-refractivity contribution in [1.29, 1.82) is 0 Å². The lowest BCUT2D eigenvalue weighted by Crippen LogP contribution is -2.48. The van der Waals surface area contributed by atoms with Gasteiger partial charge in [0.1, 0.15) is 0 Å². The number of halogens is 3. The van der Waals surface area contributed by atoms with Gasteiger partial charge in [-0.1, -0.05) is 6.07 Å². The van der Waals surface area contributed by atoms with Crippen molar-refractivity contribution in [2.24, 2.45) is 5.92 Å². The molecule has 1 fully saturated rings. The van der Waals surface area contributed by atoms with Crippen LogP contribution in [0.4, 0.5) is 18.9 Å². The molecule has 0 aromatic heterocycles. The number of benzene rings is 1. The first-order valence-electron chi connectivity index (χ1n) is 7.42. The van der Waals surface area contributed by atoms with Crippen LogP contribution in [0, 0.1) is 19.8 Å². The number of rotatable bonds is 2. The molecule has 2 rings (SSSR count). The molecule has 0 bridgehead atoms. The standard InChI is InChI=1S/C16H19F3N2O2/c1-10-5-6-13(8-11(10)2)20-14(22)12-4-3-7-21(9-12)15(23)16(17,18)19/h5-6,8,12H,3-4,7,9H2,1-2H3,(H,20,22). The zero-order valence-electron chi connectivity index (χ0n) is 13.0. The van der Waals surface area contributed by atoms with Gasteiger partial charge in [-0.2, -0.15) is 13.2 Å². The maximum Gasteiger partial charge on any atom is 0.471 e. The number of alkyl halides is 3. The van der Waals surface area contributed by atoms with Crippen LogP contribution in [-0.2, 0) is 9.59 Å². The van der Waals surface area contributed by atoms with E-state index >= 15 is 0 Å².